The minimum absolute atomic E-state index is 0.00143. The number of carbonyl (C=O) groups is 3. The fraction of sp³-hybridized carbons (Fsp3) is 0.743. The molecule has 2 amide bonds. The molecule has 4 atom stereocenters. The summed E-state index contributed by atoms with van der Waals surface area (Å²) in [6.07, 6.45) is 2.84. The van der Waals surface area contributed by atoms with Gasteiger partial charge in [0.2, 0.25) is 5.91 Å². The van der Waals surface area contributed by atoms with Gasteiger partial charge in [-0.25, -0.2) is 5.01 Å². The Labute approximate surface area is 276 Å². The molecule has 262 valence electrons. The summed E-state index contributed by atoms with van der Waals surface area (Å²) in [5.41, 5.74) is 7.05. The lowest BCUT2D eigenvalue weighted by molar-refractivity contribution is -0.161. The third kappa shape index (κ3) is 12.1. The smallest absolute Gasteiger partial charge is 0.308 e. The van der Waals surface area contributed by atoms with E-state index < -0.39 is 18.1 Å². The van der Waals surface area contributed by atoms with Crippen LogP contribution in [0.15, 0.2) is 24.3 Å². The fourth-order valence-corrected chi connectivity index (χ4v) is 6.02. The fourth-order valence-electron chi connectivity index (χ4n) is 6.02. The van der Waals surface area contributed by atoms with Crippen LogP contribution in [0.4, 0.5) is 0 Å². The Bertz CT molecular complexity index is 1060. The predicted molar refractivity (Wildman–Crippen MR) is 179 cm³/mol. The van der Waals surface area contributed by atoms with Crippen LogP contribution in [0.2, 0.25) is 0 Å². The van der Waals surface area contributed by atoms with Gasteiger partial charge in [-0.1, -0.05) is 39.8 Å². The van der Waals surface area contributed by atoms with Crippen LogP contribution >= 0.6 is 0 Å². The lowest BCUT2D eigenvalue weighted by atomic mass is 9.83. The van der Waals surface area contributed by atoms with Gasteiger partial charge in [0.15, 0.2) is 0 Å². The van der Waals surface area contributed by atoms with Gasteiger partial charge in [0.1, 0.15) is 5.75 Å². The van der Waals surface area contributed by atoms with E-state index in [-0.39, 0.29) is 47.9 Å². The van der Waals surface area contributed by atoms with E-state index in [2.05, 4.69) is 19.2 Å². The quantitative estimate of drug-likeness (QED) is 0.142. The maximum atomic E-state index is 13.8. The minimum atomic E-state index is -0.885. The summed E-state index contributed by atoms with van der Waals surface area (Å²) >= 11 is 0. The predicted octanol–water partition coefficient (Wildman–Crippen LogP) is 3.88. The molecule has 1 aromatic carbocycles. The first-order valence-electron chi connectivity index (χ1n) is 17.0. The van der Waals surface area contributed by atoms with Crippen LogP contribution in [0, 0.1) is 29.6 Å². The number of benzene rings is 1. The number of amides is 2. The zero-order valence-electron chi connectivity index (χ0n) is 29.2. The van der Waals surface area contributed by atoms with E-state index in [1.807, 2.05) is 37.9 Å². The Hall–Kier alpha value is -2.73. The van der Waals surface area contributed by atoms with Crippen LogP contribution in [0.5, 0.6) is 5.75 Å². The highest BCUT2D eigenvalue weighted by Crippen LogP contribution is 2.27. The number of nitrogens with one attached hydrogen (secondary N) is 1. The van der Waals surface area contributed by atoms with Gasteiger partial charge in [0.05, 0.1) is 31.3 Å². The Balaban J connectivity index is 1.98. The Kier molecular flexibility index (Phi) is 17.6. The molecule has 11 nitrogen and oxygen atoms in total. The van der Waals surface area contributed by atoms with Crippen LogP contribution in [0.1, 0.15) is 83.5 Å². The topological polar surface area (TPSA) is 144 Å². The molecule has 2 rings (SSSR count). The van der Waals surface area contributed by atoms with Crippen molar-refractivity contribution in [3.63, 3.8) is 0 Å². The van der Waals surface area contributed by atoms with Crippen molar-refractivity contribution >= 4 is 17.8 Å². The number of carbonyl (C=O) groups excluding carboxylic acids is 3. The third-order valence-electron chi connectivity index (χ3n) is 9.19. The number of hydrogen-bond donors (Lipinski definition) is 3. The zero-order valence-corrected chi connectivity index (χ0v) is 29.2. The Morgan fingerprint density at radius 2 is 1.67 bits per heavy atom. The van der Waals surface area contributed by atoms with Crippen molar-refractivity contribution < 1.29 is 33.7 Å². The average molecular weight is 649 g/mol. The molecule has 1 aliphatic rings. The van der Waals surface area contributed by atoms with Gasteiger partial charge in [0.25, 0.3) is 5.91 Å². The zero-order chi connectivity index (χ0) is 34.2. The van der Waals surface area contributed by atoms with Crippen LogP contribution in [-0.2, 0) is 19.1 Å². The first-order valence-corrected chi connectivity index (χ1v) is 17.0. The molecule has 1 aliphatic heterocycles. The van der Waals surface area contributed by atoms with Crippen LogP contribution in [-0.4, -0.2) is 98.7 Å². The average Bonchev–Trinajstić information content (AvgIpc) is 3.05. The molecule has 0 aliphatic carbocycles. The first-order chi connectivity index (χ1) is 21.9. The number of piperidine rings is 1. The molecule has 0 saturated carbocycles. The second kappa shape index (κ2) is 20.5. The maximum absolute atomic E-state index is 13.8. The molecule has 1 saturated heterocycles. The second-order valence-electron chi connectivity index (χ2n) is 13.1. The molecule has 1 heterocycles. The number of unbranched alkanes of at least 4 members (excludes halogenated alkanes) is 1. The summed E-state index contributed by atoms with van der Waals surface area (Å²) in [4.78, 5) is 38.9. The summed E-state index contributed by atoms with van der Waals surface area (Å²) < 4.78 is 15.9. The Morgan fingerprint density at radius 3 is 2.26 bits per heavy atom. The van der Waals surface area contributed by atoms with Crippen molar-refractivity contribution in [2.75, 3.05) is 53.6 Å². The molecule has 1 aromatic rings. The number of hydrazine groups is 1. The maximum Gasteiger partial charge on any atom is 0.308 e. The number of nitrogens with zero attached hydrogens (tertiary/aromatic N) is 2. The summed E-state index contributed by atoms with van der Waals surface area (Å²) in [5.74, 6) is -0.239. The molecule has 4 unspecified atom stereocenters. The van der Waals surface area contributed by atoms with Gasteiger partial charge in [-0.15, -0.1) is 0 Å². The molecule has 0 radical (unpaired) electrons. The molecule has 0 spiro atoms. The van der Waals surface area contributed by atoms with Gasteiger partial charge < -0.3 is 30.4 Å². The molecule has 4 N–H and O–H groups in total. The summed E-state index contributed by atoms with van der Waals surface area (Å²) in [5, 5.41) is 18.1. The number of nitrogens with two attached hydrogens (primary N) is 1. The molecule has 11 heteroatoms. The standard InChI is InChI=1S/C35H60N4O7/c1-8-39(38-17-15-26(16-18-38)35(43)45-7)34(42)29(25(4)5)22-31(40)30(36)21-27(24(2)3)23-37-33(41)28-13-9-10-14-32(28)46-20-12-11-19-44-6/h9-10,13-14,24-27,29-31,40H,8,11-12,15-23,36H2,1-7H3,(H,37,41). The van der Waals surface area contributed by atoms with Gasteiger partial charge in [-0.3, -0.25) is 19.4 Å². The van der Waals surface area contributed by atoms with Crippen molar-refractivity contribution in [1.29, 1.82) is 0 Å². The van der Waals surface area contributed by atoms with Gasteiger partial charge >= 0.3 is 5.97 Å². The van der Waals surface area contributed by atoms with Gasteiger partial charge in [-0.05, 0) is 75.3 Å². The van der Waals surface area contributed by atoms with Crippen molar-refractivity contribution in [3.05, 3.63) is 29.8 Å². The van der Waals surface area contributed by atoms with Crippen molar-refractivity contribution in [3.8, 4) is 5.75 Å². The van der Waals surface area contributed by atoms with Gasteiger partial charge in [-0.2, -0.15) is 0 Å². The molecule has 0 aromatic heterocycles. The monoisotopic (exact) mass is 648 g/mol. The van der Waals surface area contributed by atoms with E-state index in [0.29, 0.717) is 70.0 Å². The minimum Gasteiger partial charge on any atom is -0.493 e. The summed E-state index contributed by atoms with van der Waals surface area (Å²) in [6.45, 7) is 13.4. The van der Waals surface area contributed by atoms with E-state index in [0.717, 1.165) is 12.8 Å². The normalized spacial score (nSPS) is 16.9. The van der Waals surface area contributed by atoms with Crippen molar-refractivity contribution in [2.24, 2.45) is 35.3 Å². The van der Waals surface area contributed by atoms with Gasteiger partial charge in [0, 0.05) is 51.9 Å². The van der Waals surface area contributed by atoms with Crippen molar-refractivity contribution in [2.45, 2.75) is 85.3 Å². The molecule has 46 heavy (non-hydrogen) atoms. The number of methoxy groups -OCH3 is 2. The third-order valence-corrected chi connectivity index (χ3v) is 9.19. The lowest BCUT2D eigenvalue weighted by Crippen LogP contribution is -2.53. The Morgan fingerprint density at radius 1 is 1.02 bits per heavy atom. The van der Waals surface area contributed by atoms with E-state index >= 15 is 0 Å². The highest BCUT2D eigenvalue weighted by molar-refractivity contribution is 5.96. The largest absolute Gasteiger partial charge is 0.493 e. The number of esters is 1. The molecular formula is C35H60N4O7. The lowest BCUT2D eigenvalue weighted by Gasteiger charge is -2.41. The van der Waals surface area contributed by atoms with Crippen molar-refractivity contribution in [1.82, 2.24) is 15.3 Å². The van der Waals surface area contributed by atoms with E-state index in [1.54, 1.807) is 24.3 Å². The van der Waals surface area contributed by atoms with E-state index in [1.165, 1.54) is 7.11 Å². The van der Waals surface area contributed by atoms with Crippen LogP contribution < -0.4 is 15.8 Å². The molecule has 0 bridgehead atoms. The van der Waals surface area contributed by atoms with E-state index in [9.17, 15) is 19.5 Å². The number of rotatable bonds is 20. The number of aliphatic hydroxyl groups is 1. The first kappa shape index (κ1) is 39.4. The van der Waals surface area contributed by atoms with Crippen LogP contribution in [0.3, 0.4) is 0 Å². The summed E-state index contributed by atoms with van der Waals surface area (Å²) in [7, 11) is 3.08. The highest BCUT2D eigenvalue weighted by atomic mass is 16.5. The number of para-hydroxylation sites is 1. The van der Waals surface area contributed by atoms with Crippen LogP contribution in [0.25, 0.3) is 0 Å². The highest BCUT2D eigenvalue weighted by Gasteiger charge is 2.36. The molecule has 1 fully saturated rings. The number of hydrogen-bond acceptors (Lipinski definition) is 9. The SMILES string of the molecule is CCN(C(=O)C(CC(O)C(N)CC(CNC(=O)c1ccccc1OCCCCOC)C(C)C)C(C)C)N1CCC(C(=O)OC)CC1. The number of ether oxygens (including phenoxy) is 3. The number of aliphatic hydroxyl groups excluding tert-OH is 1. The van der Waals surface area contributed by atoms with E-state index in [4.69, 9.17) is 19.9 Å². The second-order valence-corrected chi connectivity index (χ2v) is 13.1. The molecular weight excluding hydrogens is 588 g/mol. The summed E-state index contributed by atoms with van der Waals surface area (Å²) in [6, 6.07) is 6.65.